The first kappa shape index (κ1) is 18.7. The Morgan fingerprint density at radius 1 is 1.07 bits per heavy atom. The zero-order valence-electron chi connectivity index (χ0n) is 15.7. The normalized spacial score (nSPS) is 10.7. The average Bonchev–Trinajstić information content (AvgIpc) is 3.13. The third-order valence-corrected chi connectivity index (χ3v) is 4.28. The zero-order chi connectivity index (χ0) is 19.4. The van der Waals surface area contributed by atoms with Crippen LogP contribution in [0.4, 0.5) is 10.1 Å². The smallest absolute Gasteiger partial charge is 0.293 e. The van der Waals surface area contributed by atoms with Crippen LogP contribution in [0.3, 0.4) is 0 Å². The van der Waals surface area contributed by atoms with Crippen LogP contribution in [0.25, 0.3) is 0 Å². The average molecular weight is 367 g/mol. The van der Waals surface area contributed by atoms with Crippen molar-refractivity contribution in [2.75, 3.05) is 11.4 Å². The number of hydrogen-bond acceptors (Lipinski definition) is 3. The number of carbonyl (C=O) groups excluding carboxylic acids is 1. The molecule has 0 aliphatic carbocycles. The molecule has 0 aliphatic rings. The van der Waals surface area contributed by atoms with Gasteiger partial charge in [-0.25, -0.2) is 4.39 Å². The number of furan rings is 1. The van der Waals surface area contributed by atoms with Crippen molar-refractivity contribution in [2.45, 2.75) is 27.4 Å². The van der Waals surface area contributed by atoms with Crippen molar-refractivity contribution in [3.63, 3.8) is 0 Å². The van der Waals surface area contributed by atoms with E-state index in [1.807, 2.05) is 39.0 Å². The van der Waals surface area contributed by atoms with E-state index in [0.717, 1.165) is 16.8 Å². The van der Waals surface area contributed by atoms with Crippen LogP contribution in [-0.2, 0) is 6.61 Å². The van der Waals surface area contributed by atoms with Crippen LogP contribution in [0.15, 0.2) is 59.0 Å². The maximum atomic E-state index is 12.9. The predicted molar refractivity (Wildman–Crippen MR) is 103 cm³/mol. The lowest BCUT2D eigenvalue weighted by Gasteiger charge is -2.22. The number of amides is 1. The molecule has 0 aliphatic heterocycles. The number of benzene rings is 2. The second-order valence-electron chi connectivity index (χ2n) is 6.35. The Bertz CT molecular complexity index is 931. The highest BCUT2D eigenvalue weighted by Gasteiger charge is 2.21. The largest absolute Gasteiger partial charge is 0.486 e. The summed E-state index contributed by atoms with van der Waals surface area (Å²) in [5.74, 6) is 0.806. The molecule has 5 heteroatoms. The molecule has 1 heterocycles. The number of rotatable bonds is 6. The molecule has 0 atom stereocenters. The Labute approximate surface area is 158 Å². The van der Waals surface area contributed by atoms with Crippen molar-refractivity contribution in [2.24, 2.45) is 0 Å². The van der Waals surface area contributed by atoms with Gasteiger partial charge in [0.25, 0.3) is 5.91 Å². The first-order valence-corrected chi connectivity index (χ1v) is 8.84. The molecule has 4 nitrogen and oxygen atoms in total. The number of nitrogens with zero attached hydrogens (tertiary/aromatic N) is 1. The minimum atomic E-state index is -0.320. The van der Waals surface area contributed by atoms with Crippen molar-refractivity contribution >= 4 is 11.6 Å². The van der Waals surface area contributed by atoms with Gasteiger partial charge in [-0.2, -0.15) is 0 Å². The summed E-state index contributed by atoms with van der Waals surface area (Å²) in [6.07, 6.45) is 0. The van der Waals surface area contributed by atoms with E-state index in [0.29, 0.717) is 18.1 Å². The van der Waals surface area contributed by atoms with E-state index in [-0.39, 0.29) is 24.1 Å². The Balaban J connectivity index is 1.73. The van der Waals surface area contributed by atoms with Gasteiger partial charge in [-0.1, -0.05) is 12.1 Å². The van der Waals surface area contributed by atoms with Crippen molar-refractivity contribution in [1.29, 1.82) is 0 Å². The van der Waals surface area contributed by atoms with E-state index < -0.39 is 0 Å². The summed E-state index contributed by atoms with van der Waals surface area (Å²) < 4.78 is 24.2. The van der Waals surface area contributed by atoms with Gasteiger partial charge in [0, 0.05) is 12.2 Å². The second kappa shape index (κ2) is 8.08. The van der Waals surface area contributed by atoms with Crippen LogP contribution in [0, 0.1) is 19.7 Å². The number of hydrogen-bond donors (Lipinski definition) is 0. The maximum Gasteiger partial charge on any atom is 0.293 e. The number of carbonyl (C=O) groups is 1. The van der Waals surface area contributed by atoms with Gasteiger partial charge in [0.15, 0.2) is 5.76 Å². The molecular formula is C22H22FNO3. The molecule has 0 saturated carbocycles. The molecule has 0 fully saturated rings. The molecule has 2 aromatic carbocycles. The van der Waals surface area contributed by atoms with Crippen molar-refractivity contribution < 1.29 is 18.3 Å². The summed E-state index contributed by atoms with van der Waals surface area (Å²) in [5, 5.41) is 0. The molecule has 1 amide bonds. The van der Waals surface area contributed by atoms with E-state index in [1.165, 1.54) is 12.1 Å². The lowest BCUT2D eigenvalue weighted by Crippen LogP contribution is -2.31. The summed E-state index contributed by atoms with van der Waals surface area (Å²) in [6.45, 7) is 6.61. The minimum absolute atomic E-state index is 0.161. The fourth-order valence-corrected chi connectivity index (χ4v) is 2.82. The van der Waals surface area contributed by atoms with Crippen LogP contribution >= 0.6 is 0 Å². The predicted octanol–water partition coefficient (Wildman–Crippen LogP) is 5.28. The van der Waals surface area contributed by atoms with Gasteiger partial charge < -0.3 is 14.1 Å². The number of anilines is 1. The van der Waals surface area contributed by atoms with E-state index in [2.05, 4.69) is 0 Å². The third-order valence-electron chi connectivity index (χ3n) is 4.28. The molecule has 0 saturated heterocycles. The lowest BCUT2D eigenvalue weighted by molar-refractivity contribution is 0.0957. The van der Waals surface area contributed by atoms with Crippen LogP contribution in [0.1, 0.15) is 34.4 Å². The molecule has 0 radical (unpaired) electrons. The molecule has 0 N–H and O–H groups in total. The van der Waals surface area contributed by atoms with Crippen molar-refractivity contribution in [3.05, 3.63) is 83.1 Å². The standard InChI is InChI=1S/C22H22FNO3/c1-4-24(20-13-15(2)5-6-16(20)3)22(25)21-12-11-19(27-21)14-26-18-9-7-17(23)8-10-18/h5-13H,4,14H2,1-3H3. The Kier molecular flexibility index (Phi) is 5.60. The van der Waals surface area contributed by atoms with E-state index >= 15 is 0 Å². The van der Waals surface area contributed by atoms with Gasteiger partial charge >= 0.3 is 0 Å². The van der Waals surface area contributed by atoms with E-state index in [4.69, 9.17) is 9.15 Å². The van der Waals surface area contributed by atoms with Gasteiger partial charge in [0.1, 0.15) is 23.9 Å². The van der Waals surface area contributed by atoms with E-state index in [9.17, 15) is 9.18 Å². The van der Waals surface area contributed by atoms with Crippen molar-refractivity contribution in [3.8, 4) is 5.75 Å². The minimum Gasteiger partial charge on any atom is -0.486 e. The Morgan fingerprint density at radius 2 is 1.81 bits per heavy atom. The van der Waals surface area contributed by atoms with Gasteiger partial charge in [-0.3, -0.25) is 4.79 Å². The maximum absolute atomic E-state index is 12.9. The SMILES string of the molecule is CCN(C(=O)c1ccc(COc2ccc(F)cc2)o1)c1cc(C)ccc1C. The van der Waals surface area contributed by atoms with Gasteiger partial charge in [0.2, 0.25) is 0 Å². The van der Waals surface area contributed by atoms with Crippen LogP contribution < -0.4 is 9.64 Å². The molecule has 3 aromatic rings. The summed E-state index contributed by atoms with van der Waals surface area (Å²) in [4.78, 5) is 14.6. The van der Waals surface area contributed by atoms with Gasteiger partial charge in [-0.05, 0) is 74.4 Å². The topological polar surface area (TPSA) is 42.7 Å². The highest BCUT2D eigenvalue weighted by atomic mass is 19.1. The first-order chi connectivity index (χ1) is 13.0. The van der Waals surface area contributed by atoms with Crippen LogP contribution in [0.5, 0.6) is 5.75 Å². The molecule has 0 bridgehead atoms. The highest BCUT2D eigenvalue weighted by Crippen LogP contribution is 2.24. The number of ether oxygens (including phenoxy) is 1. The fraction of sp³-hybridized carbons (Fsp3) is 0.227. The molecule has 3 rings (SSSR count). The molecule has 1 aromatic heterocycles. The molecule has 0 spiro atoms. The monoisotopic (exact) mass is 367 g/mol. The summed E-state index contributed by atoms with van der Waals surface area (Å²) in [5.41, 5.74) is 3.00. The number of aryl methyl sites for hydroxylation is 2. The molecule has 0 unspecified atom stereocenters. The Hall–Kier alpha value is -3.08. The van der Waals surface area contributed by atoms with Crippen LogP contribution in [0.2, 0.25) is 0 Å². The van der Waals surface area contributed by atoms with Crippen molar-refractivity contribution in [1.82, 2.24) is 0 Å². The summed E-state index contributed by atoms with van der Waals surface area (Å²) >= 11 is 0. The summed E-state index contributed by atoms with van der Waals surface area (Å²) in [6, 6.07) is 15.1. The third kappa shape index (κ3) is 4.37. The fourth-order valence-electron chi connectivity index (χ4n) is 2.82. The van der Waals surface area contributed by atoms with E-state index in [1.54, 1.807) is 29.2 Å². The molecule has 140 valence electrons. The number of halogens is 1. The molecule has 27 heavy (non-hydrogen) atoms. The van der Waals surface area contributed by atoms with Gasteiger partial charge in [0.05, 0.1) is 0 Å². The van der Waals surface area contributed by atoms with Crippen LogP contribution in [-0.4, -0.2) is 12.5 Å². The zero-order valence-corrected chi connectivity index (χ0v) is 15.7. The molecular weight excluding hydrogens is 345 g/mol. The Morgan fingerprint density at radius 3 is 2.52 bits per heavy atom. The second-order valence-corrected chi connectivity index (χ2v) is 6.35. The first-order valence-electron chi connectivity index (χ1n) is 8.84. The quantitative estimate of drug-likeness (QED) is 0.595. The highest BCUT2D eigenvalue weighted by molar-refractivity contribution is 6.04. The van der Waals surface area contributed by atoms with Gasteiger partial charge in [-0.15, -0.1) is 0 Å². The lowest BCUT2D eigenvalue weighted by atomic mass is 10.1. The summed E-state index contributed by atoms with van der Waals surface area (Å²) in [7, 11) is 0.